The van der Waals surface area contributed by atoms with Crippen LogP contribution in [-0.2, 0) is 6.42 Å². The fourth-order valence-corrected chi connectivity index (χ4v) is 2.17. The molecule has 0 radical (unpaired) electrons. The number of fused-ring (bicyclic) bond motifs is 1. The van der Waals surface area contributed by atoms with Crippen molar-refractivity contribution in [3.8, 4) is 5.88 Å². The zero-order valence-electron chi connectivity index (χ0n) is 10.3. The van der Waals surface area contributed by atoms with E-state index in [1.165, 1.54) is 0 Å². The third-order valence-corrected chi connectivity index (χ3v) is 2.98. The number of allylic oxidation sites excluding steroid dienone is 1. The van der Waals surface area contributed by atoms with E-state index in [0.29, 0.717) is 5.88 Å². The van der Waals surface area contributed by atoms with Crippen molar-refractivity contribution in [3.05, 3.63) is 47.2 Å². The van der Waals surface area contributed by atoms with E-state index >= 15 is 0 Å². The van der Waals surface area contributed by atoms with Gasteiger partial charge in [0.15, 0.2) is 0 Å². The summed E-state index contributed by atoms with van der Waals surface area (Å²) in [6, 6.07) is 5.90. The number of pyridine rings is 1. The van der Waals surface area contributed by atoms with Gasteiger partial charge in [0.1, 0.15) is 5.82 Å². The van der Waals surface area contributed by atoms with Crippen LogP contribution in [0.3, 0.4) is 0 Å². The van der Waals surface area contributed by atoms with Crippen molar-refractivity contribution in [2.24, 2.45) is 0 Å². The summed E-state index contributed by atoms with van der Waals surface area (Å²) in [5, 5.41) is 0. The highest BCUT2D eigenvalue weighted by Crippen LogP contribution is 2.33. The Hall–Kier alpha value is -2.23. The van der Waals surface area contributed by atoms with Gasteiger partial charge in [-0.05, 0) is 30.7 Å². The Balaban J connectivity index is 2.04. The summed E-state index contributed by atoms with van der Waals surface area (Å²) in [5.41, 5.74) is 4.13. The maximum Gasteiger partial charge on any atom is 0.220 e. The van der Waals surface area contributed by atoms with E-state index < -0.39 is 0 Å². The van der Waals surface area contributed by atoms with Gasteiger partial charge in [-0.3, -0.25) is 4.98 Å². The summed E-state index contributed by atoms with van der Waals surface area (Å²) >= 11 is 0. The maximum absolute atomic E-state index is 5.32. The molecule has 0 bridgehead atoms. The molecule has 0 spiro atoms. The van der Waals surface area contributed by atoms with Crippen LogP contribution < -0.4 is 4.74 Å². The highest BCUT2D eigenvalue weighted by Gasteiger charge is 2.21. The van der Waals surface area contributed by atoms with Crippen molar-refractivity contribution in [2.75, 3.05) is 7.11 Å². The average Bonchev–Trinajstić information content (AvgIpc) is 2.82. The molecule has 0 fully saturated rings. The zero-order valence-corrected chi connectivity index (χ0v) is 10.3. The monoisotopic (exact) mass is 239 g/mol. The molecule has 0 aromatic carbocycles. The Kier molecular flexibility index (Phi) is 2.55. The topological polar surface area (TPSA) is 47.9 Å². The van der Waals surface area contributed by atoms with Crippen molar-refractivity contribution < 1.29 is 4.74 Å². The van der Waals surface area contributed by atoms with E-state index in [1.807, 2.05) is 25.1 Å². The van der Waals surface area contributed by atoms with E-state index in [0.717, 1.165) is 34.8 Å². The molecule has 0 amide bonds. The third-order valence-electron chi connectivity index (χ3n) is 2.98. The molecule has 90 valence electrons. The summed E-state index contributed by atoms with van der Waals surface area (Å²) in [4.78, 5) is 13.1. The Morgan fingerprint density at radius 2 is 2.11 bits per heavy atom. The molecule has 4 heteroatoms. The molecule has 0 saturated heterocycles. The Morgan fingerprint density at radius 3 is 2.83 bits per heavy atom. The van der Waals surface area contributed by atoms with Crippen molar-refractivity contribution in [2.45, 2.75) is 13.3 Å². The lowest BCUT2D eigenvalue weighted by molar-refractivity contribution is 0.391. The van der Waals surface area contributed by atoms with Crippen LogP contribution >= 0.6 is 0 Å². The summed E-state index contributed by atoms with van der Waals surface area (Å²) < 4.78 is 5.32. The number of aromatic nitrogens is 3. The molecule has 4 nitrogen and oxygen atoms in total. The normalized spacial score (nSPS) is 13.1. The predicted octanol–water partition coefficient (Wildman–Crippen LogP) is 2.29. The quantitative estimate of drug-likeness (QED) is 0.806. The molecular weight excluding hydrogens is 226 g/mol. The van der Waals surface area contributed by atoms with Crippen molar-refractivity contribution in [1.82, 2.24) is 15.0 Å². The Morgan fingerprint density at radius 1 is 1.22 bits per heavy atom. The van der Waals surface area contributed by atoms with Crippen LogP contribution in [-0.4, -0.2) is 22.1 Å². The first-order valence-electron chi connectivity index (χ1n) is 5.81. The molecule has 2 aromatic rings. The highest BCUT2D eigenvalue weighted by molar-refractivity contribution is 5.86. The van der Waals surface area contributed by atoms with Crippen LogP contribution in [0.4, 0.5) is 0 Å². The largest absolute Gasteiger partial charge is 0.481 e. The van der Waals surface area contributed by atoms with Gasteiger partial charge < -0.3 is 4.74 Å². The van der Waals surface area contributed by atoms with Crippen LogP contribution in [0.5, 0.6) is 5.88 Å². The van der Waals surface area contributed by atoms with Crippen molar-refractivity contribution in [1.29, 1.82) is 0 Å². The molecule has 3 rings (SSSR count). The van der Waals surface area contributed by atoms with E-state index in [2.05, 4.69) is 21.0 Å². The van der Waals surface area contributed by atoms with Crippen molar-refractivity contribution >= 4 is 11.6 Å². The number of aryl methyl sites for hydroxylation is 1. The molecule has 0 atom stereocenters. The second kappa shape index (κ2) is 4.22. The highest BCUT2D eigenvalue weighted by atomic mass is 16.5. The first-order valence-corrected chi connectivity index (χ1v) is 5.81. The minimum absolute atomic E-state index is 0.666. The number of methoxy groups -OCH3 is 1. The van der Waals surface area contributed by atoms with E-state index in [9.17, 15) is 0 Å². The van der Waals surface area contributed by atoms with Gasteiger partial charge in [0, 0.05) is 18.2 Å². The summed E-state index contributed by atoms with van der Waals surface area (Å²) in [6.45, 7) is 1.87. The molecule has 2 heterocycles. The molecule has 18 heavy (non-hydrogen) atoms. The first kappa shape index (κ1) is 10.9. The minimum Gasteiger partial charge on any atom is -0.481 e. The third kappa shape index (κ3) is 1.76. The number of nitrogens with zero attached hydrogens (tertiary/aromatic N) is 3. The maximum atomic E-state index is 5.32. The van der Waals surface area contributed by atoms with Crippen LogP contribution in [0, 0.1) is 6.92 Å². The molecular formula is C14H13N3O. The van der Waals surface area contributed by atoms with Gasteiger partial charge in [-0.1, -0.05) is 6.07 Å². The number of ether oxygens (including phenoxy) is 1. The van der Waals surface area contributed by atoms with Crippen LogP contribution in [0.15, 0.2) is 24.4 Å². The smallest absolute Gasteiger partial charge is 0.220 e. The second-order valence-corrected chi connectivity index (χ2v) is 4.21. The first-order chi connectivity index (χ1) is 8.78. The number of hydrogen-bond acceptors (Lipinski definition) is 4. The summed E-state index contributed by atoms with van der Waals surface area (Å²) in [7, 11) is 1.64. The molecule has 0 N–H and O–H groups in total. The van der Waals surface area contributed by atoms with E-state index in [4.69, 9.17) is 4.74 Å². The van der Waals surface area contributed by atoms with Gasteiger partial charge in [0.25, 0.3) is 0 Å². The molecule has 2 aromatic heterocycles. The average molecular weight is 239 g/mol. The van der Waals surface area contributed by atoms with Gasteiger partial charge >= 0.3 is 0 Å². The predicted molar refractivity (Wildman–Crippen MR) is 69.1 cm³/mol. The van der Waals surface area contributed by atoms with E-state index in [1.54, 1.807) is 13.3 Å². The van der Waals surface area contributed by atoms with E-state index in [-0.39, 0.29) is 0 Å². The number of rotatable bonds is 2. The summed E-state index contributed by atoms with van der Waals surface area (Å²) in [5.74, 6) is 1.39. The molecule has 1 aliphatic rings. The molecule has 0 saturated carbocycles. The lowest BCUT2D eigenvalue weighted by Crippen LogP contribution is -2.00. The minimum atomic E-state index is 0.666. The van der Waals surface area contributed by atoms with Crippen LogP contribution in [0.1, 0.15) is 22.8 Å². The van der Waals surface area contributed by atoms with Gasteiger partial charge in [0.05, 0.1) is 18.5 Å². The SMILES string of the molecule is COc1nc(C)nc2c1CC(c1ccccn1)=C2. The standard InChI is InChI=1S/C14H13N3O/c1-9-16-13-8-10(12-5-3-4-6-15-12)7-11(13)14(17-9)18-2/h3-6,8H,7H2,1-2H3. The molecule has 1 aliphatic carbocycles. The van der Waals surface area contributed by atoms with Gasteiger partial charge in [-0.25, -0.2) is 4.98 Å². The van der Waals surface area contributed by atoms with Crippen LogP contribution in [0.2, 0.25) is 0 Å². The van der Waals surface area contributed by atoms with Gasteiger partial charge in [-0.15, -0.1) is 0 Å². The zero-order chi connectivity index (χ0) is 12.5. The fraction of sp³-hybridized carbons (Fsp3) is 0.214. The Bertz CT molecular complexity index is 620. The lowest BCUT2D eigenvalue weighted by atomic mass is 10.1. The second-order valence-electron chi connectivity index (χ2n) is 4.21. The van der Waals surface area contributed by atoms with Crippen LogP contribution in [0.25, 0.3) is 11.6 Å². The summed E-state index contributed by atoms with van der Waals surface area (Å²) in [6.07, 6.45) is 4.64. The number of hydrogen-bond donors (Lipinski definition) is 0. The fourth-order valence-electron chi connectivity index (χ4n) is 2.17. The Labute approximate surface area is 105 Å². The molecule has 0 unspecified atom stereocenters. The van der Waals surface area contributed by atoms with Gasteiger partial charge in [-0.2, -0.15) is 4.98 Å². The van der Waals surface area contributed by atoms with Crippen molar-refractivity contribution in [3.63, 3.8) is 0 Å². The van der Waals surface area contributed by atoms with Gasteiger partial charge in [0.2, 0.25) is 5.88 Å². The lowest BCUT2D eigenvalue weighted by Gasteiger charge is -2.06. The molecule has 0 aliphatic heterocycles.